The van der Waals surface area contributed by atoms with Crippen molar-refractivity contribution in [3.63, 3.8) is 0 Å². The average Bonchev–Trinajstić information content (AvgIpc) is 2.67. The Morgan fingerprint density at radius 3 is 3.00 bits per heavy atom. The number of hydrogen-bond acceptors (Lipinski definition) is 2. The molecule has 1 atom stereocenters. The number of nitrogens with one attached hydrogen (secondary N) is 1. The Morgan fingerprint density at radius 2 is 2.33 bits per heavy atom. The van der Waals surface area contributed by atoms with Crippen molar-refractivity contribution in [3.05, 3.63) is 29.1 Å². The van der Waals surface area contributed by atoms with Gasteiger partial charge in [-0.2, -0.15) is 0 Å². The lowest BCUT2D eigenvalue weighted by Crippen LogP contribution is -2.24. The zero-order valence-corrected chi connectivity index (χ0v) is 8.89. The number of benzene rings is 1. The summed E-state index contributed by atoms with van der Waals surface area (Å²) in [6, 6.07) is 3.41. The normalized spacial score (nSPS) is 20.8. The van der Waals surface area contributed by atoms with Crippen LogP contribution in [0, 0.1) is 12.7 Å². The third-order valence-electron chi connectivity index (χ3n) is 3.03. The maximum atomic E-state index is 13.2. The van der Waals surface area contributed by atoms with E-state index in [1.165, 1.54) is 18.6 Å². The summed E-state index contributed by atoms with van der Waals surface area (Å²) in [6.07, 6.45) is 3.20. The summed E-state index contributed by atoms with van der Waals surface area (Å²) in [5.74, 6) is -0.774. The number of rotatable bonds is 2. The van der Waals surface area contributed by atoms with Gasteiger partial charge in [0.15, 0.2) is 11.6 Å². The second-order valence-electron chi connectivity index (χ2n) is 4.23. The molecule has 15 heavy (non-hydrogen) atoms. The van der Waals surface area contributed by atoms with E-state index in [-0.39, 0.29) is 5.75 Å². The number of phenolic OH excluding ortho intramolecular Hbond substituents is 1. The van der Waals surface area contributed by atoms with Crippen LogP contribution in [0.4, 0.5) is 4.39 Å². The first-order chi connectivity index (χ1) is 7.16. The zero-order chi connectivity index (χ0) is 10.8. The van der Waals surface area contributed by atoms with Crippen LogP contribution in [-0.2, 0) is 6.42 Å². The molecule has 82 valence electrons. The van der Waals surface area contributed by atoms with E-state index in [9.17, 15) is 9.50 Å². The second-order valence-corrected chi connectivity index (χ2v) is 4.23. The molecule has 1 fully saturated rings. The van der Waals surface area contributed by atoms with Gasteiger partial charge in [0, 0.05) is 6.04 Å². The Hall–Kier alpha value is -1.09. The van der Waals surface area contributed by atoms with Crippen molar-refractivity contribution in [2.24, 2.45) is 0 Å². The molecule has 1 aliphatic rings. The van der Waals surface area contributed by atoms with Gasteiger partial charge in [0.25, 0.3) is 0 Å². The summed E-state index contributed by atoms with van der Waals surface area (Å²) in [5, 5.41) is 12.6. The third kappa shape index (κ3) is 2.29. The lowest BCUT2D eigenvalue weighted by Gasteiger charge is -2.12. The van der Waals surface area contributed by atoms with E-state index >= 15 is 0 Å². The molecule has 1 heterocycles. The molecule has 1 unspecified atom stereocenters. The van der Waals surface area contributed by atoms with Crippen molar-refractivity contribution in [2.75, 3.05) is 6.54 Å². The Labute approximate surface area is 89.1 Å². The van der Waals surface area contributed by atoms with Gasteiger partial charge in [-0.1, -0.05) is 0 Å². The molecule has 0 radical (unpaired) electrons. The quantitative estimate of drug-likeness (QED) is 0.782. The van der Waals surface area contributed by atoms with E-state index in [2.05, 4.69) is 5.32 Å². The standard InChI is InChI=1S/C12H16FNO/c1-8-5-12(15)11(13)7-9(8)6-10-3-2-4-14-10/h5,7,10,14-15H,2-4,6H2,1H3. The van der Waals surface area contributed by atoms with E-state index in [0.717, 1.165) is 30.5 Å². The lowest BCUT2D eigenvalue weighted by atomic mass is 10.00. The minimum absolute atomic E-state index is 0.254. The van der Waals surface area contributed by atoms with Crippen LogP contribution in [0.3, 0.4) is 0 Å². The molecule has 1 aromatic carbocycles. The van der Waals surface area contributed by atoms with Crippen LogP contribution < -0.4 is 5.32 Å². The van der Waals surface area contributed by atoms with E-state index in [1.54, 1.807) is 0 Å². The van der Waals surface area contributed by atoms with Gasteiger partial charge in [-0.3, -0.25) is 0 Å². The first-order valence-corrected chi connectivity index (χ1v) is 5.38. The minimum Gasteiger partial charge on any atom is -0.505 e. The van der Waals surface area contributed by atoms with Crippen molar-refractivity contribution in [1.82, 2.24) is 5.32 Å². The van der Waals surface area contributed by atoms with Gasteiger partial charge in [-0.15, -0.1) is 0 Å². The fraction of sp³-hybridized carbons (Fsp3) is 0.500. The Bertz CT molecular complexity index is 359. The lowest BCUT2D eigenvalue weighted by molar-refractivity contribution is 0.430. The predicted octanol–water partition coefficient (Wildman–Crippen LogP) is 2.13. The molecular weight excluding hydrogens is 193 g/mol. The van der Waals surface area contributed by atoms with Gasteiger partial charge in [0.1, 0.15) is 0 Å². The molecule has 2 nitrogen and oxygen atoms in total. The number of phenols is 1. The van der Waals surface area contributed by atoms with Crippen molar-refractivity contribution >= 4 is 0 Å². The predicted molar refractivity (Wildman–Crippen MR) is 57.5 cm³/mol. The van der Waals surface area contributed by atoms with Crippen LogP contribution in [0.25, 0.3) is 0 Å². The van der Waals surface area contributed by atoms with Crippen molar-refractivity contribution in [1.29, 1.82) is 0 Å². The number of hydrogen-bond donors (Lipinski definition) is 2. The average molecular weight is 209 g/mol. The highest BCUT2D eigenvalue weighted by molar-refractivity contribution is 5.35. The van der Waals surface area contributed by atoms with Gasteiger partial charge in [0.2, 0.25) is 0 Å². The molecule has 2 N–H and O–H groups in total. The van der Waals surface area contributed by atoms with E-state index in [4.69, 9.17) is 0 Å². The van der Waals surface area contributed by atoms with Crippen molar-refractivity contribution < 1.29 is 9.50 Å². The number of aryl methyl sites for hydroxylation is 1. The van der Waals surface area contributed by atoms with Gasteiger partial charge < -0.3 is 10.4 Å². The SMILES string of the molecule is Cc1cc(O)c(F)cc1CC1CCCN1. The molecule has 1 aliphatic heterocycles. The molecule has 0 spiro atoms. The second kappa shape index (κ2) is 4.19. The molecule has 2 rings (SSSR count). The van der Waals surface area contributed by atoms with Gasteiger partial charge in [-0.25, -0.2) is 4.39 Å². The fourth-order valence-corrected chi connectivity index (χ4v) is 2.12. The van der Waals surface area contributed by atoms with E-state index in [1.807, 2.05) is 6.92 Å². The highest BCUT2D eigenvalue weighted by Crippen LogP contribution is 2.22. The topological polar surface area (TPSA) is 32.3 Å². The molecule has 0 saturated carbocycles. The Kier molecular flexibility index (Phi) is 2.91. The first kappa shape index (κ1) is 10.4. The fourth-order valence-electron chi connectivity index (χ4n) is 2.12. The monoisotopic (exact) mass is 209 g/mol. The summed E-state index contributed by atoms with van der Waals surface area (Å²) in [4.78, 5) is 0. The molecular formula is C12H16FNO. The van der Waals surface area contributed by atoms with Crippen LogP contribution in [-0.4, -0.2) is 17.7 Å². The van der Waals surface area contributed by atoms with Crippen LogP contribution in [0.1, 0.15) is 24.0 Å². The molecule has 1 saturated heterocycles. The number of halogens is 1. The van der Waals surface area contributed by atoms with E-state index < -0.39 is 5.82 Å². The Morgan fingerprint density at radius 1 is 1.53 bits per heavy atom. The van der Waals surface area contributed by atoms with E-state index in [0.29, 0.717) is 6.04 Å². The molecule has 0 aromatic heterocycles. The molecule has 1 aromatic rings. The summed E-state index contributed by atoms with van der Waals surface area (Å²) < 4.78 is 13.2. The summed E-state index contributed by atoms with van der Waals surface area (Å²) >= 11 is 0. The van der Waals surface area contributed by atoms with Gasteiger partial charge in [0.05, 0.1) is 0 Å². The molecule has 0 bridgehead atoms. The van der Waals surface area contributed by atoms with Gasteiger partial charge in [-0.05, 0) is 56.0 Å². The summed E-state index contributed by atoms with van der Waals surface area (Å²) in [6.45, 7) is 2.97. The Balaban J connectivity index is 2.16. The van der Waals surface area contributed by atoms with Crippen LogP contribution in [0.5, 0.6) is 5.75 Å². The summed E-state index contributed by atoms with van der Waals surface area (Å²) in [7, 11) is 0. The molecule has 3 heteroatoms. The molecule has 0 aliphatic carbocycles. The highest BCUT2D eigenvalue weighted by Gasteiger charge is 2.16. The highest BCUT2D eigenvalue weighted by atomic mass is 19.1. The largest absolute Gasteiger partial charge is 0.505 e. The summed E-state index contributed by atoms with van der Waals surface area (Å²) in [5.41, 5.74) is 1.95. The van der Waals surface area contributed by atoms with Crippen LogP contribution >= 0.6 is 0 Å². The van der Waals surface area contributed by atoms with Crippen LogP contribution in [0.15, 0.2) is 12.1 Å². The first-order valence-electron chi connectivity index (χ1n) is 5.38. The van der Waals surface area contributed by atoms with Crippen LogP contribution in [0.2, 0.25) is 0 Å². The molecule has 0 amide bonds. The van der Waals surface area contributed by atoms with Crippen molar-refractivity contribution in [2.45, 2.75) is 32.2 Å². The zero-order valence-electron chi connectivity index (χ0n) is 8.89. The maximum Gasteiger partial charge on any atom is 0.165 e. The third-order valence-corrected chi connectivity index (χ3v) is 3.03. The van der Waals surface area contributed by atoms with Gasteiger partial charge >= 0.3 is 0 Å². The minimum atomic E-state index is -0.520. The van der Waals surface area contributed by atoms with Crippen molar-refractivity contribution in [3.8, 4) is 5.75 Å². The smallest absolute Gasteiger partial charge is 0.165 e. The number of aromatic hydroxyl groups is 1. The maximum absolute atomic E-state index is 13.2.